The molecular formula is C31H38O10. The summed E-state index contributed by atoms with van der Waals surface area (Å²) in [4.78, 5) is 66.2. The first-order valence-corrected chi connectivity index (χ1v) is 13.7. The van der Waals surface area contributed by atoms with Crippen molar-refractivity contribution < 1.29 is 48.4 Å². The monoisotopic (exact) mass is 570 g/mol. The van der Waals surface area contributed by atoms with Crippen LogP contribution < -0.4 is 0 Å². The average molecular weight is 571 g/mol. The molecule has 222 valence electrons. The van der Waals surface area contributed by atoms with E-state index < -0.39 is 87.6 Å². The number of esters is 3. The van der Waals surface area contributed by atoms with Crippen LogP contribution in [0.3, 0.4) is 0 Å². The standard InChI is InChI=1S/C31H38O10/c1-8-29(6)15-19(34)23-30(7)20(14-21(35)31(23,38)27(29)37)28(4,5)24(40-17(3)33)22(39-16(2)32)25(30)41-26(36)18-12-10-9-11-13-18/h8-13,20-25,35,38H,1,14-15H2,2-7H3/t20?,21-,22+,23?,24-,25+,29+,30+,31+/m1/s1. The van der Waals surface area contributed by atoms with Gasteiger partial charge in [0.2, 0.25) is 0 Å². The molecule has 0 amide bonds. The van der Waals surface area contributed by atoms with Gasteiger partial charge in [-0.25, -0.2) is 4.79 Å². The maximum Gasteiger partial charge on any atom is 0.338 e. The number of carbonyl (C=O) groups is 5. The quantitative estimate of drug-likeness (QED) is 0.307. The third-order valence-electron chi connectivity index (χ3n) is 9.66. The van der Waals surface area contributed by atoms with Crippen molar-refractivity contribution in [2.75, 3.05) is 0 Å². The van der Waals surface area contributed by atoms with E-state index >= 15 is 0 Å². The second kappa shape index (κ2) is 10.2. The van der Waals surface area contributed by atoms with Crippen molar-refractivity contribution in [3.05, 3.63) is 48.6 Å². The number of benzene rings is 1. The largest absolute Gasteiger partial charge is 0.458 e. The predicted molar refractivity (Wildman–Crippen MR) is 144 cm³/mol. The fraction of sp³-hybridized carbons (Fsp3) is 0.581. The summed E-state index contributed by atoms with van der Waals surface area (Å²) in [5.41, 5.74) is -6.48. The number of aliphatic hydroxyl groups is 2. The van der Waals surface area contributed by atoms with E-state index in [9.17, 15) is 34.2 Å². The normalized spacial score (nSPS) is 39.5. The molecule has 0 bridgehead atoms. The zero-order valence-electron chi connectivity index (χ0n) is 24.2. The molecule has 4 rings (SSSR count). The molecule has 0 aliphatic heterocycles. The number of ketones is 2. The van der Waals surface area contributed by atoms with Crippen LogP contribution in [0.4, 0.5) is 0 Å². The Morgan fingerprint density at radius 1 is 0.951 bits per heavy atom. The molecule has 3 aliphatic rings. The molecule has 1 aromatic rings. The summed E-state index contributed by atoms with van der Waals surface area (Å²) in [5, 5.41) is 23.5. The van der Waals surface area contributed by atoms with Crippen molar-refractivity contribution in [1.82, 2.24) is 0 Å². The van der Waals surface area contributed by atoms with Crippen molar-refractivity contribution in [2.24, 2.45) is 28.1 Å². The number of rotatable bonds is 5. The second-order valence-corrected chi connectivity index (χ2v) is 12.6. The van der Waals surface area contributed by atoms with Gasteiger partial charge >= 0.3 is 17.9 Å². The Morgan fingerprint density at radius 2 is 1.54 bits per heavy atom. The number of aliphatic hydroxyl groups excluding tert-OH is 1. The number of fused-ring (bicyclic) bond motifs is 3. The van der Waals surface area contributed by atoms with Crippen molar-refractivity contribution >= 4 is 29.5 Å². The van der Waals surface area contributed by atoms with Crippen molar-refractivity contribution in [3.63, 3.8) is 0 Å². The van der Waals surface area contributed by atoms with Gasteiger partial charge < -0.3 is 24.4 Å². The summed E-state index contributed by atoms with van der Waals surface area (Å²) in [5.74, 6) is -5.87. The van der Waals surface area contributed by atoms with Gasteiger partial charge in [-0.2, -0.15) is 0 Å². The molecule has 41 heavy (non-hydrogen) atoms. The fourth-order valence-corrected chi connectivity index (χ4v) is 7.83. The Morgan fingerprint density at radius 3 is 2.07 bits per heavy atom. The summed E-state index contributed by atoms with van der Waals surface area (Å²) in [6.45, 7) is 12.6. The second-order valence-electron chi connectivity index (χ2n) is 12.6. The number of allylic oxidation sites excluding steroid dienone is 1. The van der Waals surface area contributed by atoms with E-state index in [2.05, 4.69) is 6.58 Å². The number of carbonyl (C=O) groups excluding carboxylic acids is 5. The lowest BCUT2D eigenvalue weighted by atomic mass is 9.39. The lowest BCUT2D eigenvalue weighted by Gasteiger charge is -2.67. The highest BCUT2D eigenvalue weighted by molar-refractivity contribution is 6.06. The van der Waals surface area contributed by atoms with Gasteiger partial charge in [-0.3, -0.25) is 19.2 Å². The molecule has 1 aromatic carbocycles. The molecule has 9 atom stereocenters. The fourth-order valence-electron chi connectivity index (χ4n) is 7.83. The van der Waals surface area contributed by atoms with E-state index in [1.807, 2.05) is 0 Å². The zero-order valence-corrected chi connectivity index (χ0v) is 24.2. The Bertz CT molecular complexity index is 1290. The van der Waals surface area contributed by atoms with Crippen LogP contribution in [0, 0.1) is 28.1 Å². The molecule has 0 spiro atoms. The van der Waals surface area contributed by atoms with Crippen molar-refractivity contribution in [3.8, 4) is 0 Å². The summed E-state index contributed by atoms with van der Waals surface area (Å²) in [6, 6.07) is 8.01. The third kappa shape index (κ3) is 4.52. The van der Waals surface area contributed by atoms with E-state index in [-0.39, 0.29) is 18.4 Å². The SMILES string of the molecule is C=C[C@@]1(C)CC(=O)C2[C@]3(C)C(C[C@@H](O)[C@@]2(O)C1=O)C(C)(C)[C@H](OC(C)=O)[C@H](OC(C)=O)[C@@H]3OC(=O)c1ccccc1. The molecule has 10 heteroatoms. The Kier molecular flexibility index (Phi) is 7.58. The first-order chi connectivity index (χ1) is 19.0. The number of hydrogen-bond acceptors (Lipinski definition) is 10. The van der Waals surface area contributed by atoms with E-state index in [1.54, 1.807) is 39.0 Å². The lowest BCUT2D eigenvalue weighted by molar-refractivity contribution is -0.293. The van der Waals surface area contributed by atoms with Gasteiger partial charge in [-0.1, -0.05) is 45.0 Å². The Balaban J connectivity index is 1.99. The maximum absolute atomic E-state index is 14.1. The van der Waals surface area contributed by atoms with E-state index in [0.29, 0.717) is 0 Å². The highest BCUT2D eigenvalue weighted by Gasteiger charge is 2.77. The van der Waals surface area contributed by atoms with Crippen LogP contribution in [0.1, 0.15) is 64.7 Å². The Labute approximate surface area is 239 Å². The maximum atomic E-state index is 14.1. The average Bonchev–Trinajstić information content (AvgIpc) is 2.89. The minimum atomic E-state index is -2.55. The minimum absolute atomic E-state index is 0.166. The van der Waals surface area contributed by atoms with Gasteiger partial charge in [0.1, 0.15) is 18.0 Å². The predicted octanol–water partition coefficient (Wildman–Crippen LogP) is 2.58. The lowest BCUT2D eigenvalue weighted by Crippen LogP contribution is -2.79. The van der Waals surface area contributed by atoms with Crippen LogP contribution in [-0.4, -0.2) is 69.7 Å². The molecule has 10 nitrogen and oxygen atoms in total. The van der Waals surface area contributed by atoms with Gasteiger partial charge in [-0.05, 0) is 31.4 Å². The topological polar surface area (TPSA) is 154 Å². The molecule has 3 saturated carbocycles. The van der Waals surface area contributed by atoms with Crippen LogP contribution in [-0.2, 0) is 33.4 Å². The molecular weight excluding hydrogens is 532 g/mol. The number of Topliss-reactive ketones (excluding diaryl/α,β-unsaturated/α-hetero) is 2. The van der Waals surface area contributed by atoms with Crippen LogP contribution in [0.25, 0.3) is 0 Å². The molecule has 3 fully saturated rings. The molecule has 0 saturated heterocycles. The number of hydrogen-bond donors (Lipinski definition) is 2. The van der Waals surface area contributed by atoms with Gasteiger partial charge in [0.15, 0.2) is 17.5 Å². The van der Waals surface area contributed by atoms with Gasteiger partial charge in [0.05, 0.1) is 23.0 Å². The summed E-state index contributed by atoms with van der Waals surface area (Å²) in [7, 11) is 0. The molecule has 0 heterocycles. The first kappa shape index (κ1) is 30.6. The summed E-state index contributed by atoms with van der Waals surface area (Å²) >= 11 is 0. The van der Waals surface area contributed by atoms with Crippen LogP contribution in [0.5, 0.6) is 0 Å². The molecule has 0 radical (unpaired) electrons. The van der Waals surface area contributed by atoms with Crippen LogP contribution >= 0.6 is 0 Å². The van der Waals surface area contributed by atoms with Crippen molar-refractivity contribution in [1.29, 1.82) is 0 Å². The molecule has 2 unspecified atom stereocenters. The highest BCUT2D eigenvalue weighted by Crippen LogP contribution is 2.66. The number of ether oxygens (including phenoxy) is 3. The minimum Gasteiger partial charge on any atom is -0.458 e. The van der Waals surface area contributed by atoms with Crippen LogP contribution in [0.15, 0.2) is 43.0 Å². The first-order valence-electron chi connectivity index (χ1n) is 13.7. The molecule has 3 aliphatic carbocycles. The zero-order chi connectivity index (χ0) is 30.7. The van der Waals surface area contributed by atoms with E-state index in [4.69, 9.17) is 14.2 Å². The van der Waals surface area contributed by atoms with Gasteiger partial charge in [0, 0.05) is 31.1 Å². The molecule has 0 aromatic heterocycles. The Hall–Kier alpha value is -3.37. The van der Waals surface area contributed by atoms with E-state index in [1.165, 1.54) is 32.1 Å². The van der Waals surface area contributed by atoms with Crippen LogP contribution in [0.2, 0.25) is 0 Å². The smallest absolute Gasteiger partial charge is 0.338 e. The van der Waals surface area contributed by atoms with E-state index in [0.717, 1.165) is 6.92 Å². The van der Waals surface area contributed by atoms with Gasteiger partial charge in [-0.15, -0.1) is 6.58 Å². The highest BCUT2D eigenvalue weighted by atomic mass is 16.6. The molecule has 2 N–H and O–H groups in total. The van der Waals surface area contributed by atoms with Crippen molar-refractivity contribution in [2.45, 2.75) is 84.4 Å². The third-order valence-corrected chi connectivity index (χ3v) is 9.66. The summed E-state index contributed by atoms with van der Waals surface area (Å²) in [6.07, 6.45) is -4.92. The van der Waals surface area contributed by atoms with Gasteiger partial charge in [0.25, 0.3) is 0 Å². The summed E-state index contributed by atoms with van der Waals surface area (Å²) < 4.78 is 17.5.